The molecule has 11 nitrogen and oxygen atoms in total. The molecule has 0 aliphatic heterocycles. The van der Waals surface area contributed by atoms with Crippen molar-refractivity contribution in [2.75, 3.05) is 11.9 Å². The molecule has 4 aromatic rings. The molecule has 1 amide bonds. The summed E-state index contributed by atoms with van der Waals surface area (Å²) in [4.78, 5) is 16.9. The lowest BCUT2D eigenvalue weighted by Crippen LogP contribution is -2.37. The number of hydrogen-bond acceptors (Lipinski definition) is 9. The molecule has 41 heavy (non-hydrogen) atoms. The van der Waals surface area contributed by atoms with E-state index in [1.807, 2.05) is 26.0 Å². The van der Waals surface area contributed by atoms with E-state index in [1.54, 1.807) is 49.6 Å². The van der Waals surface area contributed by atoms with Crippen LogP contribution in [0, 0.1) is 0 Å². The Morgan fingerprint density at radius 1 is 0.927 bits per heavy atom. The molecule has 0 radical (unpaired) electrons. The quantitative estimate of drug-likeness (QED) is 0.233. The predicted molar refractivity (Wildman–Crippen MR) is 155 cm³/mol. The fraction of sp³-hybridized carbons (Fsp3) is 0.214. The number of nitrogens with two attached hydrogens (primary N) is 1. The van der Waals surface area contributed by atoms with Crippen molar-refractivity contribution in [3.05, 3.63) is 84.7 Å². The van der Waals surface area contributed by atoms with E-state index < -0.39 is 41.8 Å². The van der Waals surface area contributed by atoms with Crippen LogP contribution in [0.15, 0.2) is 88.9 Å². The molecule has 0 spiro atoms. The molecule has 4 rings (SSSR count). The van der Waals surface area contributed by atoms with Gasteiger partial charge in [-0.1, -0.05) is 18.2 Å². The Morgan fingerprint density at radius 3 is 2.39 bits per heavy atom. The van der Waals surface area contributed by atoms with E-state index in [1.165, 1.54) is 6.07 Å². The first-order chi connectivity index (χ1) is 19.4. The van der Waals surface area contributed by atoms with E-state index >= 15 is 0 Å². The standard InChI is InChI=1S/C28H30N4O7S2/c1-4-38-26-15-20(9-11-25(26)39-18(2)3)27(31-22-10-8-21-17-30-13-12-19(21)14-22)28(33)32-41(36,37)24-7-5-6-23(16-24)40(29,34)35/h5-18,27,31H,4H2,1-3H3,(H,32,33)(H2,29,34,35)/t27-/m1/s1. The summed E-state index contributed by atoms with van der Waals surface area (Å²) >= 11 is 0. The van der Waals surface area contributed by atoms with Crippen molar-refractivity contribution >= 4 is 42.4 Å². The monoisotopic (exact) mass is 598 g/mol. The second kappa shape index (κ2) is 12.1. The minimum Gasteiger partial charge on any atom is -0.490 e. The largest absolute Gasteiger partial charge is 0.490 e. The first-order valence-corrected chi connectivity index (χ1v) is 15.6. The van der Waals surface area contributed by atoms with Crippen LogP contribution in [0.4, 0.5) is 5.69 Å². The van der Waals surface area contributed by atoms with Gasteiger partial charge in [-0.25, -0.2) is 26.7 Å². The number of carbonyl (C=O) groups is 1. The van der Waals surface area contributed by atoms with E-state index in [9.17, 15) is 21.6 Å². The Labute approximate surface area is 238 Å². The molecule has 0 unspecified atom stereocenters. The smallest absolute Gasteiger partial charge is 0.264 e. The van der Waals surface area contributed by atoms with E-state index in [0.29, 0.717) is 29.4 Å². The molecule has 0 fully saturated rings. The molecular formula is C28H30N4O7S2. The minimum atomic E-state index is -4.49. The van der Waals surface area contributed by atoms with Gasteiger partial charge in [0, 0.05) is 23.5 Å². The van der Waals surface area contributed by atoms with Crippen LogP contribution >= 0.6 is 0 Å². The van der Waals surface area contributed by atoms with Crippen molar-refractivity contribution in [2.45, 2.75) is 42.7 Å². The number of sulfonamides is 2. The number of aromatic nitrogens is 1. The summed E-state index contributed by atoms with van der Waals surface area (Å²) in [5.41, 5.74) is 0.934. The van der Waals surface area contributed by atoms with E-state index in [4.69, 9.17) is 14.6 Å². The zero-order chi connectivity index (χ0) is 29.8. The third-order valence-corrected chi connectivity index (χ3v) is 8.11. The topological polar surface area (TPSA) is 167 Å². The van der Waals surface area contributed by atoms with Crippen LogP contribution in [-0.2, 0) is 24.8 Å². The summed E-state index contributed by atoms with van der Waals surface area (Å²) in [6.45, 7) is 5.87. The normalized spacial score (nSPS) is 12.6. The third kappa shape index (κ3) is 7.31. The first-order valence-electron chi connectivity index (χ1n) is 12.6. The summed E-state index contributed by atoms with van der Waals surface area (Å²) in [6.07, 6.45) is 3.20. The second-order valence-corrected chi connectivity index (χ2v) is 12.6. The Hall–Kier alpha value is -4.20. The zero-order valence-corrected chi connectivity index (χ0v) is 24.2. The summed E-state index contributed by atoms with van der Waals surface area (Å²) in [6, 6.07) is 15.3. The minimum absolute atomic E-state index is 0.136. The SMILES string of the molecule is CCOc1cc([C@@H](Nc2ccc3cnccc3c2)C(=O)NS(=O)(=O)c2cccc(S(N)(=O)=O)c2)ccc1OC(C)C. The lowest BCUT2D eigenvalue weighted by atomic mass is 10.0. The molecule has 1 heterocycles. The number of amides is 1. The van der Waals surface area contributed by atoms with Gasteiger partial charge in [-0.3, -0.25) is 9.78 Å². The van der Waals surface area contributed by atoms with Crippen LogP contribution in [0.1, 0.15) is 32.4 Å². The van der Waals surface area contributed by atoms with Gasteiger partial charge < -0.3 is 14.8 Å². The van der Waals surface area contributed by atoms with Gasteiger partial charge in [-0.05, 0) is 80.3 Å². The van der Waals surface area contributed by atoms with Crippen molar-refractivity contribution in [3.8, 4) is 11.5 Å². The number of hydrogen-bond donors (Lipinski definition) is 3. The molecule has 0 bridgehead atoms. The summed E-state index contributed by atoms with van der Waals surface area (Å²) in [5, 5.41) is 10.0. The summed E-state index contributed by atoms with van der Waals surface area (Å²) in [5.74, 6) is -0.0669. The van der Waals surface area contributed by atoms with Gasteiger partial charge in [-0.15, -0.1) is 0 Å². The van der Waals surface area contributed by atoms with Gasteiger partial charge >= 0.3 is 0 Å². The Kier molecular flexibility index (Phi) is 8.80. The summed E-state index contributed by atoms with van der Waals surface area (Å²) < 4.78 is 63.5. The fourth-order valence-electron chi connectivity index (χ4n) is 4.03. The van der Waals surface area contributed by atoms with Crippen LogP contribution < -0.4 is 24.7 Å². The molecule has 0 saturated carbocycles. The van der Waals surface area contributed by atoms with Crippen molar-refractivity contribution in [2.24, 2.45) is 5.14 Å². The molecule has 0 saturated heterocycles. The molecule has 4 N–H and O–H groups in total. The van der Waals surface area contributed by atoms with Crippen LogP contribution in [0.3, 0.4) is 0 Å². The molecular weight excluding hydrogens is 568 g/mol. The van der Waals surface area contributed by atoms with Crippen molar-refractivity contribution in [1.82, 2.24) is 9.71 Å². The molecule has 13 heteroatoms. The maximum Gasteiger partial charge on any atom is 0.264 e. The van der Waals surface area contributed by atoms with Gasteiger partial charge in [-0.2, -0.15) is 0 Å². The highest BCUT2D eigenvalue weighted by molar-refractivity contribution is 7.90. The molecule has 1 aromatic heterocycles. The highest BCUT2D eigenvalue weighted by atomic mass is 32.2. The average Bonchev–Trinajstić information content (AvgIpc) is 2.92. The lowest BCUT2D eigenvalue weighted by molar-refractivity contribution is -0.120. The maximum atomic E-state index is 13.6. The van der Waals surface area contributed by atoms with Gasteiger partial charge in [0.05, 0.1) is 22.5 Å². The van der Waals surface area contributed by atoms with Gasteiger partial charge in [0.2, 0.25) is 10.0 Å². The highest BCUT2D eigenvalue weighted by Gasteiger charge is 2.28. The predicted octanol–water partition coefficient (Wildman–Crippen LogP) is 3.73. The number of anilines is 1. The Bertz CT molecular complexity index is 1790. The third-order valence-electron chi connectivity index (χ3n) is 5.86. The number of ether oxygens (including phenoxy) is 2. The van der Waals surface area contributed by atoms with Gasteiger partial charge in [0.25, 0.3) is 15.9 Å². The molecule has 0 aliphatic rings. The van der Waals surface area contributed by atoms with Gasteiger partial charge in [0.1, 0.15) is 6.04 Å². The van der Waals surface area contributed by atoms with Crippen molar-refractivity contribution in [1.29, 1.82) is 0 Å². The highest BCUT2D eigenvalue weighted by Crippen LogP contribution is 2.33. The van der Waals surface area contributed by atoms with Crippen LogP contribution in [0.5, 0.6) is 11.5 Å². The van der Waals surface area contributed by atoms with Gasteiger partial charge in [0.15, 0.2) is 11.5 Å². The summed E-state index contributed by atoms with van der Waals surface area (Å²) in [7, 11) is -8.67. The number of carbonyl (C=O) groups excluding carboxylic acids is 1. The molecule has 1 atom stereocenters. The fourth-order valence-corrected chi connectivity index (χ4v) is 5.71. The number of rotatable bonds is 11. The van der Waals surface area contributed by atoms with Crippen LogP contribution in [-0.4, -0.2) is 40.4 Å². The van der Waals surface area contributed by atoms with E-state index in [2.05, 4.69) is 15.0 Å². The van der Waals surface area contributed by atoms with Crippen molar-refractivity contribution in [3.63, 3.8) is 0 Å². The van der Waals surface area contributed by atoms with Crippen LogP contribution in [0.25, 0.3) is 10.8 Å². The lowest BCUT2D eigenvalue weighted by Gasteiger charge is -2.22. The first kappa shape index (κ1) is 29.8. The number of benzene rings is 3. The number of nitrogens with zero attached hydrogens (tertiary/aromatic N) is 1. The second-order valence-electron chi connectivity index (χ2n) is 9.31. The Balaban J connectivity index is 1.74. The van der Waals surface area contributed by atoms with E-state index in [0.717, 1.165) is 29.0 Å². The van der Waals surface area contributed by atoms with Crippen LogP contribution in [0.2, 0.25) is 0 Å². The average molecular weight is 599 g/mol. The number of primary sulfonamides is 1. The molecule has 0 aliphatic carbocycles. The Morgan fingerprint density at radius 2 is 1.68 bits per heavy atom. The number of pyridine rings is 1. The molecule has 3 aromatic carbocycles. The number of nitrogens with one attached hydrogen (secondary N) is 2. The van der Waals surface area contributed by atoms with Crippen molar-refractivity contribution < 1.29 is 31.1 Å². The maximum absolute atomic E-state index is 13.6. The zero-order valence-electron chi connectivity index (χ0n) is 22.6. The number of fused-ring (bicyclic) bond motifs is 1. The molecule has 216 valence electrons. The van der Waals surface area contributed by atoms with E-state index in [-0.39, 0.29) is 6.10 Å².